The van der Waals surface area contributed by atoms with Gasteiger partial charge in [0.25, 0.3) is 0 Å². The highest BCUT2D eigenvalue weighted by Gasteiger charge is 2.30. The van der Waals surface area contributed by atoms with Crippen LogP contribution in [0.25, 0.3) is 0 Å². The monoisotopic (exact) mass is 341 g/mol. The molecule has 0 radical (unpaired) electrons. The molecular weight excluding hydrogens is 314 g/mol. The minimum absolute atomic E-state index is 0.0220. The predicted molar refractivity (Wildman–Crippen MR) is 96.9 cm³/mol. The molecule has 0 fully saturated rings. The van der Waals surface area contributed by atoms with Gasteiger partial charge in [-0.25, -0.2) is 0 Å². The topological polar surface area (TPSA) is 77.0 Å². The summed E-state index contributed by atoms with van der Waals surface area (Å²) in [5.41, 5.74) is 7.30. The second-order valence-corrected chi connectivity index (χ2v) is 6.85. The molecule has 1 aromatic heterocycles. The first-order valence-electron chi connectivity index (χ1n) is 9.11. The van der Waals surface area contributed by atoms with E-state index in [1.807, 2.05) is 17.9 Å². The molecule has 0 bridgehead atoms. The summed E-state index contributed by atoms with van der Waals surface area (Å²) >= 11 is 0. The lowest BCUT2D eigenvalue weighted by atomic mass is 10.1. The number of aromatic nitrogens is 3. The van der Waals surface area contributed by atoms with Gasteiger partial charge in [-0.05, 0) is 25.3 Å². The molecule has 1 aliphatic rings. The number of aryl methyl sites for hydroxylation is 2. The number of amides is 1. The lowest BCUT2D eigenvalue weighted by molar-refractivity contribution is -0.134. The second kappa shape index (κ2) is 7.78. The van der Waals surface area contributed by atoms with Gasteiger partial charge in [0.2, 0.25) is 5.91 Å². The van der Waals surface area contributed by atoms with Gasteiger partial charge in [0.15, 0.2) is 5.82 Å². The summed E-state index contributed by atoms with van der Waals surface area (Å²) in [7, 11) is 0. The molecule has 0 saturated heterocycles. The summed E-state index contributed by atoms with van der Waals surface area (Å²) < 4.78 is 2.19. The van der Waals surface area contributed by atoms with Crippen molar-refractivity contribution in [2.75, 3.05) is 6.54 Å². The first-order valence-corrected chi connectivity index (χ1v) is 9.11. The Kier molecular flexibility index (Phi) is 5.48. The van der Waals surface area contributed by atoms with Crippen molar-refractivity contribution in [2.45, 2.75) is 58.2 Å². The molecule has 0 spiro atoms. The quantitative estimate of drug-likeness (QED) is 0.873. The fourth-order valence-corrected chi connectivity index (χ4v) is 3.52. The Morgan fingerprint density at radius 2 is 2.04 bits per heavy atom. The van der Waals surface area contributed by atoms with Gasteiger partial charge < -0.3 is 15.2 Å². The van der Waals surface area contributed by atoms with E-state index in [2.05, 4.69) is 46.0 Å². The van der Waals surface area contributed by atoms with Crippen molar-refractivity contribution in [3.8, 4) is 0 Å². The molecule has 2 aromatic rings. The molecule has 1 aromatic carbocycles. The van der Waals surface area contributed by atoms with Gasteiger partial charge in [-0.15, -0.1) is 10.2 Å². The number of nitrogens with zero attached hydrogens (tertiary/aromatic N) is 4. The van der Waals surface area contributed by atoms with E-state index in [0.29, 0.717) is 13.1 Å². The maximum Gasteiger partial charge on any atom is 0.239 e. The third-order valence-corrected chi connectivity index (χ3v) is 4.80. The Labute approximate surface area is 149 Å². The van der Waals surface area contributed by atoms with Crippen LogP contribution in [0.5, 0.6) is 0 Å². The van der Waals surface area contributed by atoms with E-state index < -0.39 is 6.04 Å². The van der Waals surface area contributed by atoms with Crippen molar-refractivity contribution in [1.29, 1.82) is 0 Å². The van der Waals surface area contributed by atoms with E-state index in [9.17, 15) is 4.79 Å². The maximum absolute atomic E-state index is 12.5. The number of rotatable bonds is 6. The van der Waals surface area contributed by atoms with Crippen LogP contribution in [0.1, 0.15) is 49.9 Å². The molecule has 2 N–H and O–H groups in total. The van der Waals surface area contributed by atoms with Gasteiger partial charge in [0.05, 0.1) is 18.6 Å². The SMILES string of the molecule is CCC[C@H](N)C(=O)N1Cc2nnc(CCc3ccccc3)n2[C@@H](C)C1. The van der Waals surface area contributed by atoms with E-state index in [4.69, 9.17) is 5.73 Å². The highest BCUT2D eigenvalue weighted by Crippen LogP contribution is 2.23. The van der Waals surface area contributed by atoms with Crippen molar-refractivity contribution < 1.29 is 4.79 Å². The molecule has 2 heterocycles. The van der Waals surface area contributed by atoms with Crippen molar-refractivity contribution in [2.24, 2.45) is 5.73 Å². The van der Waals surface area contributed by atoms with Crippen LogP contribution in [0.2, 0.25) is 0 Å². The lowest BCUT2D eigenvalue weighted by Crippen LogP contribution is -2.48. The smallest absolute Gasteiger partial charge is 0.239 e. The van der Waals surface area contributed by atoms with Crippen LogP contribution in [0.4, 0.5) is 0 Å². The summed E-state index contributed by atoms with van der Waals surface area (Å²) in [4.78, 5) is 14.3. The molecule has 0 aliphatic carbocycles. The number of benzene rings is 1. The largest absolute Gasteiger partial charge is 0.332 e. The van der Waals surface area contributed by atoms with E-state index >= 15 is 0 Å². The summed E-state index contributed by atoms with van der Waals surface area (Å²) in [6, 6.07) is 10.2. The van der Waals surface area contributed by atoms with E-state index in [1.165, 1.54) is 5.56 Å². The van der Waals surface area contributed by atoms with Crippen molar-refractivity contribution in [3.63, 3.8) is 0 Å². The molecule has 0 unspecified atom stereocenters. The van der Waals surface area contributed by atoms with Crippen LogP contribution in [0, 0.1) is 0 Å². The Hall–Kier alpha value is -2.21. The summed E-state index contributed by atoms with van der Waals surface area (Å²) in [6.07, 6.45) is 3.43. The van der Waals surface area contributed by atoms with Gasteiger partial charge >= 0.3 is 0 Å². The molecular formula is C19H27N5O. The fourth-order valence-electron chi connectivity index (χ4n) is 3.52. The number of carbonyl (C=O) groups is 1. The van der Waals surface area contributed by atoms with Gasteiger partial charge in [-0.1, -0.05) is 43.7 Å². The fraction of sp³-hybridized carbons (Fsp3) is 0.526. The Balaban J connectivity index is 1.69. The number of nitrogens with two attached hydrogens (primary N) is 1. The van der Waals surface area contributed by atoms with Crippen LogP contribution in [-0.2, 0) is 24.2 Å². The standard InChI is InChI=1S/C19H27N5O/c1-3-7-16(20)19(25)23-12-14(2)24-17(21-22-18(24)13-23)11-10-15-8-5-4-6-9-15/h4-6,8-9,14,16H,3,7,10-13,20H2,1-2H3/t14-,16-/m0/s1. The molecule has 2 atom stereocenters. The molecule has 6 nitrogen and oxygen atoms in total. The van der Waals surface area contributed by atoms with Crippen molar-refractivity contribution in [1.82, 2.24) is 19.7 Å². The van der Waals surface area contributed by atoms with Crippen molar-refractivity contribution in [3.05, 3.63) is 47.5 Å². The third kappa shape index (κ3) is 3.90. The number of fused-ring (bicyclic) bond motifs is 1. The first-order chi connectivity index (χ1) is 12.1. The van der Waals surface area contributed by atoms with Gasteiger partial charge in [-0.3, -0.25) is 4.79 Å². The first kappa shape index (κ1) is 17.6. The van der Waals surface area contributed by atoms with Gasteiger partial charge in [0, 0.05) is 13.0 Å². The average Bonchev–Trinajstić information content (AvgIpc) is 3.04. The van der Waals surface area contributed by atoms with Crippen LogP contribution in [0.3, 0.4) is 0 Å². The minimum Gasteiger partial charge on any atom is -0.332 e. The molecule has 1 aliphatic heterocycles. The molecule has 6 heteroatoms. The molecule has 25 heavy (non-hydrogen) atoms. The number of carbonyl (C=O) groups excluding carboxylic acids is 1. The van der Waals surface area contributed by atoms with Crippen LogP contribution in [0.15, 0.2) is 30.3 Å². The average molecular weight is 341 g/mol. The molecule has 134 valence electrons. The van der Waals surface area contributed by atoms with E-state index in [0.717, 1.165) is 37.3 Å². The lowest BCUT2D eigenvalue weighted by Gasteiger charge is -2.34. The zero-order valence-electron chi connectivity index (χ0n) is 15.1. The third-order valence-electron chi connectivity index (χ3n) is 4.80. The highest BCUT2D eigenvalue weighted by atomic mass is 16.2. The second-order valence-electron chi connectivity index (χ2n) is 6.85. The van der Waals surface area contributed by atoms with E-state index in [-0.39, 0.29) is 11.9 Å². The zero-order chi connectivity index (χ0) is 17.8. The maximum atomic E-state index is 12.5. The molecule has 1 amide bonds. The minimum atomic E-state index is -0.413. The van der Waals surface area contributed by atoms with Crippen LogP contribution < -0.4 is 5.73 Å². The van der Waals surface area contributed by atoms with Gasteiger partial charge in [-0.2, -0.15) is 0 Å². The number of hydrogen-bond donors (Lipinski definition) is 1. The summed E-state index contributed by atoms with van der Waals surface area (Å²) in [6.45, 7) is 5.32. The summed E-state index contributed by atoms with van der Waals surface area (Å²) in [5.74, 6) is 1.88. The van der Waals surface area contributed by atoms with Crippen molar-refractivity contribution >= 4 is 5.91 Å². The number of hydrogen-bond acceptors (Lipinski definition) is 4. The Morgan fingerprint density at radius 1 is 1.28 bits per heavy atom. The summed E-state index contributed by atoms with van der Waals surface area (Å²) in [5, 5.41) is 8.72. The molecule has 0 saturated carbocycles. The Bertz CT molecular complexity index is 712. The molecule has 3 rings (SSSR count). The predicted octanol–water partition coefficient (Wildman–Crippen LogP) is 2.09. The zero-order valence-corrected chi connectivity index (χ0v) is 15.1. The van der Waals surface area contributed by atoms with Crippen LogP contribution in [-0.4, -0.2) is 38.2 Å². The Morgan fingerprint density at radius 3 is 2.76 bits per heavy atom. The van der Waals surface area contributed by atoms with Gasteiger partial charge in [0.1, 0.15) is 5.82 Å². The van der Waals surface area contributed by atoms with Crippen LogP contribution >= 0.6 is 0 Å². The highest BCUT2D eigenvalue weighted by molar-refractivity contribution is 5.81. The van der Waals surface area contributed by atoms with E-state index in [1.54, 1.807) is 0 Å². The normalized spacial score (nSPS) is 18.0.